The molecule has 0 saturated carbocycles. The maximum Gasteiger partial charge on any atom is 0.239 e. The number of ether oxygens (including phenoxy) is 1. The number of hydrogen-bond donors (Lipinski definition) is 0. The fraction of sp³-hybridized carbons (Fsp3) is 0.308. The summed E-state index contributed by atoms with van der Waals surface area (Å²) in [6.45, 7) is 2.17. The maximum atomic E-state index is 5.61. The van der Waals surface area contributed by atoms with E-state index in [0.717, 1.165) is 24.4 Å². The minimum absolute atomic E-state index is 0.173. The fourth-order valence-electron chi connectivity index (χ4n) is 2.05. The summed E-state index contributed by atoms with van der Waals surface area (Å²) in [6, 6.07) is 8.15. The number of benzene rings is 1. The zero-order valence-electron chi connectivity index (χ0n) is 8.73. The van der Waals surface area contributed by atoms with E-state index < -0.39 is 0 Å². The summed E-state index contributed by atoms with van der Waals surface area (Å²) in [4.78, 5) is 4.54. The zero-order chi connectivity index (χ0) is 10.3. The number of nitrogens with zero attached hydrogens (tertiary/aromatic N) is 1. The van der Waals surface area contributed by atoms with Crippen LogP contribution in [0.3, 0.4) is 0 Å². The highest BCUT2D eigenvalue weighted by Crippen LogP contribution is 2.42. The lowest BCUT2D eigenvalue weighted by Crippen LogP contribution is -2.07. The predicted molar refractivity (Wildman–Crippen MR) is 61.3 cm³/mol. The smallest absolute Gasteiger partial charge is 0.239 e. The number of aliphatic imine (C=N–C) groups is 1. The molecule has 2 aliphatic heterocycles. The third kappa shape index (κ3) is 1.29. The van der Waals surface area contributed by atoms with Crippen molar-refractivity contribution in [3.8, 4) is 0 Å². The van der Waals surface area contributed by atoms with Gasteiger partial charge in [-0.05, 0) is 18.6 Å². The molecular weight excluding hydrogens is 186 g/mol. The molecule has 1 saturated heterocycles. The number of epoxide rings is 1. The van der Waals surface area contributed by atoms with Gasteiger partial charge in [-0.25, -0.2) is 4.99 Å². The van der Waals surface area contributed by atoms with Crippen molar-refractivity contribution in [1.29, 1.82) is 0 Å². The summed E-state index contributed by atoms with van der Waals surface area (Å²) in [7, 11) is 0. The number of fused-ring (bicyclic) bond motifs is 2. The first-order valence-corrected chi connectivity index (χ1v) is 5.40. The van der Waals surface area contributed by atoms with Crippen LogP contribution < -0.4 is 0 Å². The molecule has 76 valence electrons. The van der Waals surface area contributed by atoms with E-state index in [0.29, 0.717) is 0 Å². The third-order valence-electron chi connectivity index (χ3n) is 2.91. The molecule has 0 bridgehead atoms. The van der Waals surface area contributed by atoms with Crippen molar-refractivity contribution in [3.05, 3.63) is 35.9 Å². The van der Waals surface area contributed by atoms with Crippen LogP contribution in [0.4, 0.5) is 5.69 Å². The molecule has 2 heterocycles. The first kappa shape index (κ1) is 8.72. The van der Waals surface area contributed by atoms with E-state index in [9.17, 15) is 0 Å². The van der Waals surface area contributed by atoms with E-state index >= 15 is 0 Å². The minimum atomic E-state index is -0.173. The maximum absolute atomic E-state index is 5.61. The van der Waals surface area contributed by atoms with Gasteiger partial charge >= 0.3 is 0 Å². The average molecular weight is 199 g/mol. The number of para-hydroxylation sites is 1. The average Bonchev–Trinajstić information content (AvgIpc) is 2.91. The van der Waals surface area contributed by atoms with Gasteiger partial charge in [-0.15, -0.1) is 0 Å². The summed E-state index contributed by atoms with van der Waals surface area (Å²) in [5.41, 5.74) is 2.02. The van der Waals surface area contributed by atoms with E-state index in [1.807, 2.05) is 18.2 Å². The lowest BCUT2D eigenvalue weighted by Gasteiger charge is -1.99. The second kappa shape index (κ2) is 2.96. The molecule has 1 aromatic carbocycles. The Hall–Kier alpha value is -1.57. The molecule has 1 aromatic rings. The van der Waals surface area contributed by atoms with Crippen molar-refractivity contribution in [2.45, 2.75) is 25.4 Å². The number of hydrogen-bond acceptors (Lipinski definition) is 2. The van der Waals surface area contributed by atoms with Crippen molar-refractivity contribution in [2.75, 3.05) is 0 Å². The fourth-order valence-corrected chi connectivity index (χ4v) is 2.05. The molecule has 1 unspecified atom stereocenters. The van der Waals surface area contributed by atoms with E-state index in [1.54, 1.807) is 0 Å². The quantitative estimate of drug-likeness (QED) is 0.671. The first-order valence-electron chi connectivity index (χ1n) is 5.40. The Morgan fingerprint density at radius 1 is 1.33 bits per heavy atom. The van der Waals surface area contributed by atoms with Crippen LogP contribution in [0.15, 0.2) is 35.3 Å². The van der Waals surface area contributed by atoms with Crippen LogP contribution in [0.25, 0.3) is 6.08 Å². The van der Waals surface area contributed by atoms with Crippen LogP contribution in [0, 0.1) is 0 Å². The Kier molecular flexibility index (Phi) is 1.72. The van der Waals surface area contributed by atoms with Gasteiger partial charge in [0.2, 0.25) is 11.5 Å². The molecule has 0 N–H and O–H groups in total. The molecular formula is C13H13NO. The molecule has 2 aliphatic rings. The Morgan fingerprint density at radius 3 is 3.07 bits per heavy atom. The standard InChI is InChI=1S/C13H13NO/c1-2-8-13-9-7-10-5-3-4-6-11(10)14-12(13)15-13/h3-7,9H,2,8H2,1H3. The highest BCUT2D eigenvalue weighted by molar-refractivity contribution is 6.04. The van der Waals surface area contributed by atoms with Gasteiger partial charge in [0.05, 0.1) is 5.69 Å². The Bertz CT molecular complexity index is 461. The van der Waals surface area contributed by atoms with Crippen LogP contribution in [0.5, 0.6) is 0 Å². The molecule has 2 nitrogen and oxygen atoms in total. The monoisotopic (exact) mass is 199 g/mol. The summed E-state index contributed by atoms with van der Waals surface area (Å²) >= 11 is 0. The Morgan fingerprint density at radius 2 is 2.20 bits per heavy atom. The Labute approximate surface area is 89.3 Å². The third-order valence-corrected chi connectivity index (χ3v) is 2.91. The molecule has 0 aliphatic carbocycles. The number of rotatable bonds is 2. The highest BCUT2D eigenvalue weighted by Gasteiger charge is 2.52. The molecule has 1 atom stereocenters. The van der Waals surface area contributed by atoms with Crippen molar-refractivity contribution in [1.82, 2.24) is 0 Å². The lowest BCUT2D eigenvalue weighted by atomic mass is 10.0. The van der Waals surface area contributed by atoms with E-state index in [-0.39, 0.29) is 5.60 Å². The van der Waals surface area contributed by atoms with Gasteiger partial charge in [-0.3, -0.25) is 0 Å². The summed E-state index contributed by atoms with van der Waals surface area (Å²) in [6.07, 6.45) is 6.39. The van der Waals surface area contributed by atoms with Gasteiger partial charge in [0, 0.05) is 5.56 Å². The van der Waals surface area contributed by atoms with Gasteiger partial charge in [0.1, 0.15) is 0 Å². The predicted octanol–water partition coefficient (Wildman–Crippen LogP) is 3.31. The van der Waals surface area contributed by atoms with Gasteiger partial charge < -0.3 is 4.74 Å². The summed E-state index contributed by atoms with van der Waals surface area (Å²) in [5, 5.41) is 0. The SMILES string of the molecule is CCCC12C=Cc3ccccc3N=C1O2. The van der Waals surface area contributed by atoms with Crippen molar-refractivity contribution in [2.24, 2.45) is 4.99 Å². The van der Waals surface area contributed by atoms with Crippen molar-refractivity contribution in [3.63, 3.8) is 0 Å². The lowest BCUT2D eigenvalue weighted by molar-refractivity contribution is 0.352. The van der Waals surface area contributed by atoms with E-state index in [1.165, 1.54) is 5.56 Å². The van der Waals surface area contributed by atoms with E-state index in [4.69, 9.17) is 4.74 Å². The van der Waals surface area contributed by atoms with Gasteiger partial charge in [0.25, 0.3) is 0 Å². The molecule has 1 fully saturated rings. The summed E-state index contributed by atoms with van der Waals surface area (Å²) in [5.74, 6) is 0.880. The van der Waals surface area contributed by atoms with Crippen LogP contribution in [0.1, 0.15) is 25.3 Å². The van der Waals surface area contributed by atoms with Gasteiger partial charge in [-0.2, -0.15) is 0 Å². The van der Waals surface area contributed by atoms with Crippen molar-refractivity contribution < 1.29 is 4.74 Å². The van der Waals surface area contributed by atoms with Gasteiger partial charge in [0.15, 0.2) is 0 Å². The molecule has 3 rings (SSSR count). The second-order valence-corrected chi connectivity index (χ2v) is 4.05. The van der Waals surface area contributed by atoms with Crippen molar-refractivity contribution >= 4 is 17.7 Å². The zero-order valence-corrected chi connectivity index (χ0v) is 8.73. The summed E-state index contributed by atoms with van der Waals surface area (Å²) < 4.78 is 5.61. The molecule has 0 radical (unpaired) electrons. The van der Waals surface area contributed by atoms with Crippen LogP contribution in [-0.4, -0.2) is 11.5 Å². The highest BCUT2D eigenvalue weighted by atomic mass is 16.6. The van der Waals surface area contributed by atoms with E-state index in [2.05, 4.69) is 30.1 Å². The molecule has 0 aromatic heterocycles. The minimum Gasteiger partial charge on any atom is -0.457 e. The normalized spacial score (nSPS) is 25.8. The first-order chi connectivity index (χ1) is 7.34. The van der Waals surface area contributed by atoms with Crippen LogP contribution >= 0.6 is 0 Å². The molecule has 0 amide bonds. The Balaban J connectivity index is 2.05. The van der Waals surface area contributed by atoms with Gasteiger partial charge in [-0.1, -0.05) is 37.6 Å². The molecule has 0 spiro atoms. The molecule has 15 heavy (non-hydrogen) atoms. The molecule has 2 heteroatoms. The van der Waals surface area contributed by atoms with Crippen LogP contribution in [-0.2, 0) is 4.74 Å². The van der Waals surface area contributed by atoms with Crippen LogP contribution in [0.2, 0.25) is 0 Å². The second-order valence-electron chi connectivity index (χ2n) is 4.05. The topological polar surface area (TPSA) is 24.9 Å². The largest absolute Gasteiger partial charge is 0.457 e.